The minimum Gasteiger partial charge on any atom is -0.508 e. The number of aryl methyl sites for hydroxylation is 1. The van der Waals surface area contributed by atoms with Crippen molar-refractivity contribution in [1.82, 2.24) is 0 Å². The van der Waals surface area contributed by atoms with Gasteiger partial charge in [0.2, 0.25) is 0 Å². The molecule has 1 aliphatic rings. The molecular formula is C23H23F3O3. The number of carbonyl (C=O) groups excluding carboxylic acids is 1. The van der Waals surface area contributed by atoms with E-state index in [9.17, 15) is 23.1 Å². The monoisotopic (exact) mass is 404 g/mol. The predicted molar refractivity (Wildman–Crippen MR) is 105 cm³/mol. The zero-order chi connectivity index (χ0) is 21.7. The molecule has 1 aliphatic heterocycles. The van der Waals surface area contributed by atoms with Crippen LogP contribution in [0.2, 0.25) is 0 Å². The van der Waals surface area contributed by atoms with Crippen molar-refractivity contribution in [2.45, 2.75) is 52.2 Å². The fourth-order valence-electron chi connectivity index (χ4n) is 3.73. The van der Waals surface area contributed by atoms with Gasteiger partial charge in [0, 0.05) is 11.6 Å². The summed E-state index contributed by atoms with van der Waals surface area (Å²) in [6, 6.07) is 6.05. The highest BCUT2D eigenvalue weighted by molar-refractivity contribution is 6.26. The summed E-state index contributed by atoms with van der Waals surface area (Å²) in [4.78, 5) is 13.0. The van der Waals surface area contributed by atoms with E-state index in [0.29, 0.717) is 29.2 Å². The number of rotatable bonds is 3. The van der Waals surface area contributed by atoms with E-state index in [-0.39, 0.29) is 22.7 Å². The van der Waals surface area contributed by atoms with Crippen molar-refractivity contribution in [2.75, 3.05) is 0 Å². The number of aliphatic hydroxyl groups is 1. The first-order valence-electron chi connectivity index (χ1n) is 9.36. The lowest BCUT2D eigenvalue weighted by Crippen LogP contribution is -2.49. The maximum Gasteiger partial charge on any atom is 0.198 e. The number of aliphatic hydroxyl groups excluding tert-OH is 1. The molecule has 0 fully saturated rings. The van der Waals surface area contributed by atoms with Gasteiger partial charge in [-0.05, 0) is 56.9 Å². The highest BCUT2D eigenvalue weighted by Crippen LogP contribution is 2.41. The summed E-state index contributed by atoms with van der Waals surface area (Å²) in [6.45, 7) is 8.47. The van der Waals surface area contributed by atoms with Crippen LogP contribution in [0.4, 0.5) is 13.2 Å². The summed E-state index contributed by atoms with van der Waals surface area (Å²) >= 11 is 0. The van der Waals surface area contributed by atoms with Gasteiger partial charge in [-0.15, -0.1) is 0 Å². The number of Topliss-reactive ketones (excluding diaryl/α,β-unsaturated/α-hetero) is 1. The lowest BCUT2D eigenvalue weighted by atomic mass is 9.81. The molecule has 0 saturated carbocycles. The number of halogens is 3. The molecule has 1 heterocycles. The third kappa shape index (κ3) is 3.57. The quantitative estimate of drug-likeness (QED) is 0.662. The average molecular weight is 404 g/mol. The highest BCUT2D eigenvalue weighted by Gasteiger charge is 2.47. The Morgan fingerprint density at radius 2 is 1.52 bits per heavy atom. The normalized spacial score (nSPS) is 18.3. The van der Waals surface area contributed by atoms with Gasteiger partial charge >= 0.3 is 0 Å². The van der Waals surface area contributed by atoms with E-state index in [0.717, 1.165) is 6.07 Å². The minimum absolute atomic E-state index is 0.0812. The summed E-state index contributed by atoms with van der Waals surface area (Å²) in [5.74, 6) is -3.83. The van der Waals surface area contributed by atoms with Crippen LogP contribution in [0.3, 0.4) is 0 Å². The zero-order valence-corrected chi connectivity index (χ0v) is 17.0. The van der Waals surface area contributed by atoms with Gasteiger partial charge in [0.1, 0.15) is 22.8 Å². The van der Waals surface area contributed by atoms with E-state index in [1.807, 2.05) is 6.92 Å². The summed E-state index contributed by atoms with van der Waals surface area (Å²) in [5.41, 5.74) is -0.618. The van der Waals surface area contributed by atoms with Crippen LogP contribution in [-0.4, -0.2) is 22.1 Å². The Bertz CT molecular complexity index is 1040. The van der Waals surface area contributed by atoms with Gasteiger partial charge in [-0.1, -0.05) is 25.1 Å². The van der Waals surface area contributed by atoms with E-state index in [4.69, 9.17) is 4.74 Å². The predicted octanol–water partition coefficient (Wildman–Crippen LogP) is 5.76. The Morgan fingerprint density at radius 1 is 0.897 bits per heavy atom. The molecule has 3 rings (SSSR count). The molecule has 0 radical (unpaired) electrons. The molecule has 0 atom stereocenters. The molecule has 2 aromatic rings. The first-order chi connectivity index (χ1) is 13.4. The van der Waals surface area contributed by atoms with Crippen LogP contribution < -0.4 is 0 Å². The van der Waals surface area contributed by atoms with Crippen LogP contribution in [0.15, 0.2) is 36.1 Å². The molecule has 2 aromatic carbocycles. The molecule has 3 nitrogen and oxygen atoms in total. The molecule has 0 unspecified atom stereocenters. The van der Waals surface area contributed by atoms with Gasteiger partial charge < -0.3 is 9.84 Å². The van der Waals surface area contributed by atoms with Crippen molar-refractivity contribution in [3.05, 3.63) is 64.7 Å². The first kappa shape index (κ1) is 21.1. The van der Waals surface area contributed by atoms with Crippen molar-refractivity contribution in [2.24, 2.45) is 0 Å². The second-order valence-electron chi connectivity index (χ2n) is 8.15. The molecule has 154 valence electrons. The summed E-state index contributed by atoms with van der Waals surface area (Å²) < 4.78 is 46.9. The van der Waals surface area contributed by atoms with Crippen molar-refractivity contribution >= 4 is 11.4 Å². The largest absolute Gasteiger partial charge is 0.508 e. The van der Waals surface area contributed by atoms with Crippen LogP contribution in [0.25, 0.3) is 16.7 Å². The van der Waals surface area contributed by atoms with Crippen molar-refractivity contribution in [3.63, 3.8) is 0 Å². The maximum absolute atomic E-state index is 14.2. The van der Waals surface area contributed by atoms with E-state index >= 15 is 0 Å². The van der Waals surface area contributed by atoms with Crippen molar-refractivity contribution < 1.29 is 27.8 Å². The molecule has 0 aromatic heterocycles. The van der Waals surface area contributed by atoms with E-state index in [2.05, 4.69) is 0 Å². The van der Waals surface area contributed by atoms with E-state index < -0.39 is 28.7 Å². The van der Waals surface area contributed by atoms with Gasteiger partial charge in [0.15, 0.2) is 17.4 Å². The second kappa shape index (κ2) is 7.02. The van der Waals surface area contributed by atoms with E-state index in [1.165, 1.54) is 6.07 Å². The molecule has 1 N–H and O–H groups in total. The molecule has 0 amide bonds. The zero-order valence-electron chi connectivity index (χ0n) is 17.0. The standard InChI is InChI=1S/C23H23F3O3/c1-6-12-9-13(15-10-17(25)18(26)11-16(15)24)7-8-14(12)19-20(27)22(2,3)29-23(4,5)21(19)28/h7-11,27H,6H2,1-5H3. The Hall–Kier alpha value is -2.60. The Balaban J connectivity index is 2.20. The Kier molecular flexibility index (Phi) is 5.11. The van der Waals surface area contributed by atoms with Crippen molar-refractivity contribution in [1.29, 1.82) is 0 Å². The molecule has 29 heavy (non-hydrogen) atoms. The summed E-state index contributed by atoms with van der Waals surface area (Å²) in [5, 5.41) is 10.8. The maximum atomic E-state index is 14.2. The van der Waals surface area contributed by atoms with Gasteiger partial charge in [0.05, 0.1) is 5.57 Å². The number of carbonyl (C=O) groups is 1. The van der Waals surface area contributed by atoms with E-state index in [1.54, 1.807) is 39.8 Å². The molecule has 6 heteroatoms. The smallest absolute Gasteiger partial charge is 0.198 e. The second-order valence-corrected chi connectivity index (χ2v) is 8.15. The number of ether oxygens (including phenoxy) is 1. The lowest BCUT2D eigenvalue weighted by molar-refractivity contribution is -0.158. The Labute approximate surface area is 167 Å². The first-order valence-corrected chi connectivity index (χ1v) is 9.36. The summed E-state index contributed by atoms with van der Waals surface area (Å²) in [6.07, 6.45) is 0.472. The fraction of sp³-hybridized carbons (Fsp3) is 0.348. The number of hydrogen-bond donors (Lipinski definition) is 1. The molecular weight excluding hydrogens is 381 g/mol. The van der Waals surface area contributed by atoms with Gasteiger partial charge in [-0.3, -0.25) is 4.79 Å². The van der Waals surface area contributed by atoms with Gasteiger partial charge in [0.25, 0.3) is 0 Å². The third-order valence-electron chi connectivity index (χ3n) is 5.17. The van der Waals surface area contributed by atoms with Crippen LogP contribution in [0.5, 0.6) is 0 Å². The molecule has 0 saturated heterocycles. The lowest BCUT2D eigenvalue weighted by Gasteiger charge is -2.40. The molecule has 0 aliphatic carbocycles. The SMILES string of the molecule is CCc1cc(-c2cc(F)c(F)cc2F)ccc1C1=C(O)C(C)(C)OC(C)(C)C1=O. The van der Waals surface area contributed by atoms with Crippen LogP contribution in [0.1, 0.15) is 45.7 Å². The Morgan fingerprint density at radius 3 is 2.14 bits per heavy atom. The number of benzene rings is 2. The molecule has 0 spiro atoms. The van der Waals surface area contributed by atoms with Gasteiger partial charge in [-0.2, -0.15) is 0 Å². The van der Waals surface area contributed by atoms with Crippen LogP contribution >= 0.6 is 0 Å². The number of hydrogen-bond acceptors (Lipinski definition) is 3. The fourth-order valence-corrected chi connectivity index (χ4v) is 3.73. The van der Waals surface area contributed by atoms with Gasteiger partial charge in [-0.25, -0.2) is 13.2 Å². The highest BCUT2D eigenvalue weighted by atomic mass is 19.2. The molecule has 0 bridgehead atoms. The average Bonchev–Trinajstić information content (AvgIpc) is 2.63. The third-order valence-corrected chi connectivity index (χ3v) is 5.17. The minimum atomic E-state index is -1.26. The van der Waals surface area contributed by atoms with Crippen molar-refractivity contribution in [3.8, 4) is 11.1 Å². The summed E-state index contributed by atoms with van der Waals surface area (Å²) in [7, 11) is 0. The number of ketones is 1. The van der Waals surface area contributed by atoms with Crippen LogP contribution in [-0.2, 0) is 16.0 Å². The van der Waals surface area contributed by atoms with Crippen LogP contribution in [0, 0.1) is 17.5 Å². The topological polar surface area (TPSA) is 46.5 Å².